The number of hydrogen-bond donors (Lipinski definition) is 1. The predicted octanol–water partition coefficient (Wildman–Crippen LogP) is 1.21. The van der Waals surface area contributed by atoms with E-state index in [1.165, 1.54) is 0 Å². The van der Waals surface area contributed by atoms with E-state index in [1.54, 1.807) is 11.8 Å². The lowest BCUT2D eigenvalue weighted by molar-refractivity contribution is -0.145. The lowest BCUT2D eigenvalue weighted by atomic mass is 10.1. The third-order valence-electron chi connectivity index (χ3n) is 3.13. The molecular weight excluding hydrogens is 222 g/mol. The molecule has 1 fully saturated rings. The molecule has 1 unspecified atom stereocenters. The Bertz CT molecular complexity index is 314. The second-order valence-electron chi connectivity index (χ2n) is 4.36. The number of carbonyl (C=O) groups is 3. The van der Waals surface area contributed by atoms with Crippen LogP contribution in [-0.2, 0) is 14.4 Å². The van der Waals surface area contributed by atoms with Crippen molar-refractivity contribution in [2.24, 2.45) is 0 Å². The van der Waals surface area contributed by atoms with Crippen LogP contribution in [-0.4, -0.2) is 40.3 Å². The highest BCUT2D eigenvalue weighted by Gasteiger charge is 2.31. The van der Waals surface area contributed by atoms with E-state index in [1.807, 2.05) is 0 Å². The first kappa shape index (κ1) is 13.7. The number of amides is 1. The van der Waals surface area contributed by atoms with Gasteiger partial charge < -0.3 is 10.0 Å². The second-order valence-corrected chi connectivity index (χ2v) is 4.36. The van der Waals surface area contributed by atoms with Gasteiger partial charge in [-0.05, 0) is 25.7 Å². The van der Waals surface area contributed by atoms with Crippen molar-refractivity contribution in [2.45, 2.75) is 51.5 Å². The lowest BCUT2D eigenvalue weighted by Gasteiger charge is -2.23. The molecular formula is C12H19NO4. The topological polar surface area (TPSA) is 74.7 Å². The smallest absolute Gasteiger partial charge is 0.303 e. The molecule has 1 aliphatic rings. The summed E-state index contributed by atoms with van der Waals surface area (Å²) in [5.41, 5.74) is 0. The minimum absolute atomic E-state index is 0.0531. The molecule has 0 aromatic heterocycles. The summed E-state index contributed by atoms with van der Waals surface area (Å²) in [5, 5.41) is 8.55. The van der Waals surface area contributed by atoms with Gasteiger partial charge in [-0.3, -0.25) is 14.4 Å². The molecule has 5 nitrogen and oxygen atoms in total. The molecule has 0 aromatic carbocycles. The van der Waals surface area contributed by atoms with Gasteiger partial charge in [0.2, 0.25) is 5.78 Å². The van der Waals surface area contributed by atoms with Crippen LogP contribution in [0.25, 0.3) is 0 Å². The molecule has 5 heteroatoms. The molecule has 0 aromatic rings. The minimum atomic E-state index is -0.814. The number of likely N-dealkylation sites (tertiary alicyclic amines) is 1. The third-order valence-corrected chi connectivity index (χ3v) is 3.13. The van der Waals surface area contributed by atoms with Crippen LogP contribution in [0, 0.1) is 0 Å². The Kier molecular flexibility index (Phi) is 5.12. The number of ketones is 1. The molecule has 1 aliphatic heterocycles. The maximum Gasteiger partial charge on any atom is 0.303 e. The van der Waals surface area contributed by atoms with Gasteiger partial charge in [-0.1, -0.05) is 6.92 Å². The summed E-state index contributed by atoms with van der Waals surface area (Å²) in [6, 6.07) is 0.0531. The maximum absolute atomic E-state index is 11.7. The average Bonchev–Trinajstić information content (AvgIpc) is 2.74. The Balaban J connectivity index is 2.46. The highest BCUT2D eigenvalue weighted by Crippen LogP contribution is 2.22. The van der Waals surface area contributed by atoms with Gasteiger partial charge in [0.1, 0.15) is 0 Å². The predicted molar refractivity (Wildman–Crippen MR) is 61.5 cm³/mol. The molecule has 1 N–H and O–H groups in total. The minimum Gasteiger partial charge on any atom is -0.481 e. The number of carbonyl (C=O) groups excluding carboxylic acids is 2. The Morgan fingerprint density at radius 2 is 2.06 bits per heavy atom. The van der Waals surface area contributed by atoms with Crippen molar-refractivity contribution in [1.82, 2.24) is 4.90 Å². The third kappa shape index (κ3) is 3.84. The highest BCUT2D eigenvalue weighted by molar-refractivity contribution is 6.36. The zero-order chi connectivity index (χ0) is 12.8. The Morgan fingerprint density at radius 1 is 1.35 bits per heavy atom. The van der Waals surface area contributed by atoms with Gasteiger partial charge in [0.15, 0.2) is 0 Å². The molecule has 1 heterocycles. The van der Waals surface area contributed by atoms with Crippen molar-refractivity contribution < 1.29 is 19.5 Å². The molecule has 0 bridgehead atoms. The monoisotopic (exact) mass is 241 g/mol. The van der Waals surface area contributed by atoms with Crippen molar-refractivity contribution in [3.63, 3.8) is 0 Å². The van der Waals surface area contributed by atoms with Crippen molar-refractivity contribution in [3.05, 3.63) is 0 Å². The Labute approximate surface area is 101 Å². The van der Waals surface area contributed by atoms with Gasteiger partial charge in [0.25, 0.3) is 5.91 Å². The van der Waals surface area contributed by atoms with E-state index in [-0.39, 0.29) is 24.7 Å². The summed E-state index contributed by atoms with van der Waals surface area (Å²) in [6.07, 6.45) is 3.37. The van der Waals surface area contributed by atoms with Crippen LogP contribution in [0.5, 0.6) is 0 Å². The molecule has 1 amide bonds. The molecule has 96 valence electrons. The zero-order valence-electron chi connectivity index (χ0n) is 10.1. The van der Waals surface area contributed by atoms with Crippen molar-refractivity contribution in [1.29, 1.82) is 0 Å². The number of carboxylic acid groups (broad SMARTS) is 1. The highest BCUT2D eigenvalue weighted by atomic mass is 16.4. The van der Waals surface area contributed by atoms with Gasteiger partial charge in [-0.25, -0.2) is 0 Å². The summed E-state index contributed by atoms with van der Waals surface area (Å²) in [5.74, 6) is -1.56. The summed E-state index contributed by atoms with van der Waals surface area (Å²) in [4.78, 5) is 35.1. The first-order valence-electron chi connectivity index (χ1n) is 6.11. The van der Waals surface area contributed by atoms with E-state index in [4.69, 9.17) is 5.11 Å². The molecule has 0 aliphatic carbocycles. The number of carboxylic acids is 1. The molecule has 0 saturated carbocycles. The normalized spacial score (nSPS) is 19.4. The summed E-state index contributed by atoms with van der Waals surface area (Å²) >= 11 is 0. The standard InChI is InChI=1S/C12H19NO4/c1-2-10(14)12(17)13-8-4-6-9(13)5-3-7-11(15)16/h9H,2-8H2,1H3,(H,15,16). The van der Waals surface area contributed by atoms with Crippen LogP contribution in [0.3, 0.4) is 0 Å². The van der Waals surface area contributed by atoms with Crippen LogP contribution < -0.4 is 0 Å². The molecule has 1 atom stereocenters. The number of nitrogens with zero attached hydrogens (tertiary/aromatic N) is 1. The molecule has 1 rings (SSSR count). The largest absolute Gasteiger partial charge is 0.481 e. The fraction of sp³-hybridized carbons (Fsp3) is 0.750. The number of rotatable bonds is 6. The fourth-order valence-electron chi connectivity index (χ4n) is 2.20. The average molecular weight is 241 g/mol. The van der Waals surface area contributed by atoms with Crippen LogP contribution in [0.4, 0.5) is 0 Å². The van der Waals surface area contributed by atoms with Gasteiger partial charge in [-0.2, -0.15) is 0 Å². The SMILES string of the molecule is CCC(=O)C(=O)N1CCCC1CCCC(=O)O. The van der Waals surface area contributed by atoms with Crippen molar-refractivity contribution >= 4 is 17.7 Å². The lowest BCUT2D eigenvalue weighted by Crippen LogP contribution is -2.39. The van der Waals surface area contributed by atoms with Gasteiger partial charge in [-0.15, -0.1) is 0 Å². The van der Waals surface area contributed by atoms with Gasteiger partial charge in [0.05, 0.1) is 0 Å². The van der Waals surface area contributed by atoms with Gasteiger partial charge in [0, 0.05) is 25.4 Å². The number of hydrogen-bond acceptors (Lipinski definition) is 3. The fourth-order valence-corrected chi connectivity index (χ4v) is 2.20. The second kappa shape index (κ2) is 6.37. The van der Waals surface area contributed by atoms with Crippen LogP contribution in [0.15, 0.2) is 0 Å². The van der Waals surface area contributed by atoms with Crippen molar-refractivity contribution in [2.75, 3.05) is 6.54 Å². The Morgan fingerprint density at radius 3 is 2.65 bits per heavy atom. The van der Waals surface area contributed by atoms with E-state index in [2.05, 4.69) is 0 Å². The number of aliphatic carboxylic acids is 1. The van der Waals surface area contributed by atoms with E-state index in [9.17, 15) is 14.4 Å². The maximum atomic E-state index is 11.7. The number of Topliss-reactive ketones (excluding diaryl/α,β-unsaturated/α-hetero) is 1. The van der Waals surface area contributed by atoms with E-state index >= 15 is 0 Å². The summed E-state index contributed by atoms with van der Waals surface area (Å²) in [6.45, 7) is 2.30. The Hall–Kier alpha value is -1.39. The van der Waals surface area contributed by atoms with Gasteiger partial charge >= 0.3 is 5.97 Å². The van der Waals surface area contributed by atoms with E-state index in [0.717, 1.165) is 12.8 Å². The summed E-state index contributed by atoms with van der Waals surface area (Å²) < 4.78 is 0. The quantitative estimate of drug-likeness (QED) is 0.709. The van der Waals surface area contributed by atoms with Crippen LogP contribution in [0.1, 0.15) is 45.4 Å². The van der Waals surface area contributed by atoms with Crippen molar-refractivity contribution in [3.8, 4) is 0 Å². The van der Waals surface area contributed by atoms with E-state index < -0.39 is 11.9 Å². The molecule has 0 radical (unpaired) electrons. The first-order valence-corrected chi connectivity index (χ1v) is 6.11. The van der Waals surface area contributed by atoms with Crippen LogP contribution in [0.2, 0.25) is 0 Å². The van der Waals surface area contributed by atoms with Crippen LogP contribution >= 0.6 is 0 Å². The molecule has 17 heavy (non-hydrogen) atoms. The first-order chi connectivity index (χ1) is 8.06. The molecule has 1 saturated heterocycles. The molecule has 0 spiro atoms. The van der Waals surface area contributed by atoms with E-state index in [0.29, 0.717) is 19.4 Å². The zero-order valence-corrected chi connectivity index (χ0v) is 10.1. The summed E-state index contributed by atoms with van der Waals surface area (Å²) in [7, 11) is 0.